The van der Waals surface area contributed by atoms with Gasteiger partial charge in [0.2, 0.25) is 0 Å². The molecule has 0 aliphatic carbocycles. The number of nitro groups is 1. The van der Waals surface area contributed by atoms with Gasteiger partial charge in [0.1, 0.15) is 17.2 Å². The molecule has 0 saturated heterocycles. The maximum absolute atomic E-state index is 14.0. The van der Waals surface area contributed by atoms with E-state index in [1.165, 1.54) is 23.9 Å². The number of methoxy groups -OCH3 is 2. The normalized spacial score (nSPS) is 11.5. The molecule has 4 aromatic carbocycles. The Balaban J connectivity index is 1.59. The molecule has 1 heterocycles. The first kappa shape index (κ1) is 27.1. The molecule has 0 spiro atoms. The standard InChI is InChI=1S/C32H28N4O5/c1-40-26-16-17-27(31(20-26)41-2)29-21-30(35(34-29)24-14-9-15-25(19-24)36(38)39)32(37)33-28(23-12-7-4-8-13-23)18-22-10-5-3-6-11-22/h3-17,19-21,28H,18H2,1-2H3,(H,33,37). The van der Waals surface area contributed by atoms with Crippen molar-refractivity contribution in [2.75, 3.05) is 14.2 Å². The number of carbonyl (C=O) groups is 1. The summed E-state index contributed by atoms with van der Waals surface area (Å²) in [6, 6.07) is 32.3. The predicted molar refractivity (Wildman–Crippen MR) is 156 cm³/mol. The minimum atomic E-state index is -0.481. The highest BCUT2D eigenvalue weighted by atomic mass is 16.6. The number of hydrogen-bond donors (Lipinski definition) is 1. The SMILES string of the molecule is COc1ccc(-c2cc(C(=O)NC(Cc3ccccc3)c3ccccc3)n(-c3cccc([N+](=O)[O-])c3)n2)c(OC)c1. The van der Waals surface area contributed by atoms with E-state index >= 15 is 0 Å². The maximum atomic E-state index is 14.0. The van der Waals surface area contributed by atoms with E-state index in [2.05, 4.69) is 5.32 Å². The molecule has 41 heavy (non-hydrogen) atoms. The number of amides is 1. The second-order valence-electron chi connectivity index (χ2n) is 9.30. The monoisotopic (exact) mass is 548 g/mol. The van der Waals surface area contributed by atoms with Crippen molar-refractivity contribution in [1.29, 1.82) is 0 Å². The molecule has 0 radical (unpaired) electrons. The molecule has 0 fully saturated rings. The van der Waals surface area contributed by atoms with Crippen LogP contribution in [0.25, 0.3) is 16.9 Å². The minimum Gasteiger partial charge on any atom is -0.497 e. The van der Waals surface area contributed by atoms with E-state index < -0.39 is 4.92 Å². The Morgan fingerprint density at radius 2 is 1.63 bits per heavy atom. The molecular weight excluding hydrogens is 520 g/mol. The van der Waals surface area contributed by atoms with Gasteiger partial charge in [0.05, 0.1) is 36.6 Å². The van der Waals surface area contributed by atoms with Gasteiger partial charge in [-0.1, -0.05) is 66.7 Å². The van der Waals surface area contributed by atoms with Crippen molar-refractivity contribution >= 4 is 11.6 Å². The molecule has 1 atom stereocenters. The third-order valence-corrected chi connectivity index (χ3v) is 6.70. The van der Waals surface area contributed by atoms with E-state index in [-0.39, 0.29) is 23.3 Å². The number of nitro benzene ring substituents is 1. The summed E-state index contributed by atoms with van der Waals surface area (Å²) in [5.41, 5.74) is 3.59. The van der Waals surface area contributed by atoms with Crippen molar-refractivity contribution in [3.05, 3.63) is 136 Å². The third-order valence-electron chi connectivity index (χ3n) is 6.70. The topological polar surface area (TPSA) is 109 Å². The predicted octanol–water partition coefficient (Wildman–Crippen LogP) is 6.18. The van der Waals surface area contributed by atoms with Gasteiger partial charge in [0.25, 0.3) is 11.6 Å². The van der Waals surface area contributed by atoms with Gasteiger partial charge in [-0.3, -0.25) is 14.9 Å². The Hall–Kier alpha value is -5.44. The zero-order valence-corrected chi connectivity index (χ0v) is 22.6. The average molecular weight is 549 g/mol. The van der Waals surface area contributed by atoms with E-state index in [1.54, 1.807) is 43.5 Å². The van der Waals surface area contributed by atoms with Crippen LogP contribution in [-0.4, -0.2) is 34.8 Å². The number of rotatable bonds is 10. The Morgan fingerprint density at radius 3 is 2.32 bits per heavy atom. The van der Waals surface area contributed by atoms with Gasteiger partial charge in [0.15, 0.2) is 0 Å². The summed E-state index contributed by atoms with van der Waals surface area (Å²) >= 11 is 0. The van der Waals surface area contributed by atoms with Crippen molar-refractivity contribution in [3.8, 4) is 28.4 Å². The van der Waals surface area contributed by atoms with Crippen LogP contribution < -0.4 is 14.8 Å². The van der Waals surface area contributed by atoms with Crippen LogP contribution in [0.15, 0.2) is 109 Å². The third kappa shape index (κ3) is 6.09. The second-order valence-corrected chi connectivity index (χ2v) is 9.30. The van der Waals surface area contributed by atoms with Crippen LogP contribution in [0.2, 0.25) is 0 Å². The van der Waals surface area contributed by atoms with Crippen molar-refractivity contribution in [3.63, 3.8) is 0 Å². The molecule has 206 valence electrons. The van der Waals surface area contributed by atoms with E-state index in [9.17, 15) is 14.9 Å². The zero-order chi connectivity index (χ0) is 28.8. The molecule has 0 bridgehead atoms. The van der Waals surface area contributed by atoms with Crippen molar-refractivity contribution in [2.45, 2.75) is 12.5 Å². The maximum Gasteiger partial charge on any atom is 0.271 e. The molecule has 0 aliphatic heterocycles. The quantitative estimate of drug-likeness (QED) is 0.165. The van der Waals surface area contributed by atoms with E-state index in [0.717, 1.165) is 11.1 Å². The molecule has 1 N–H and O–H groups in total. The molecule has 5 rings (SSSR count). The molecule has 1 aromatic heterocycles. The fourth-order valence-corrected chi connectivity index (χ4v) is 4.64. The molecule has 9 nitrogen and oxygen atoms in total. The van der Waals surface area contributed by atoms with Gasteiger partial charge in [-0.25, -0.2) is 4.68 Å². The lowest BCUT2D eigenvalue weighted by Gasteiger charge is -2.20. The number of carbonyl (C=O) groups excluding carboxylic acids is 1. The van der Waals surface area contributed by atoms with E-state index in [1.807, 2.05) is 60.7 Å². The molecule has 5 aromatic rings. The highest BCUT2D eigenvalue weighted by Crippen LogP contribution is 2.34. The minimum absolute atomic E-state index is 0.112. The molecule has 1 unspecified atom stereocenters. The Bertz CT molecular complexity index is 1670. The summed E-state index contributed by atoms with van der Waals surface area (Å²) in [6.45, 7) is 0. The largest absolute Gasteiger partial charge is 0.497 e. The average Bonchev–Trinajstić information content (AvgIpc) is 3.47. The molecular formula is C32H28N4O5. The van der Waals surface area contributed by atoms with Gasteiger partial charge in [-0.15, -0.1) is 0 Å². The van der Waals surface area contributed by atoms with Gasteiger partial charge in [-0.2, -0.15) is 5.10 Å². The fourth-order valence-electron chi connectivity index (χ4n) is 4.64. The summed E-state index contributed by atoms with van der Waals surface area (Å²) in [5.74, 6) is 0.729. The Morgan fingerprint density at radius 1 is 0.902 bits per heavy atom. The Labute approximate surface area is 237 Å². The molecule has 9 heteroatoms. The smallest absolute Gasteiger partial charge is 0.271 e. The lowest BCUT2D eigenvalue weighted by Crippen LogP contribution is -2.31. The molecule has 0 saturated carbocycles. The number of non-ortho nitro benzene ring substituents is 1. The first-order valence-electron chi connectivity index (χ1n) is 12.9. The molecule has 1 amide bonds. The summed E-state index contributed by atoms with van der Waals surface area (Å²) in [4.78, 5) is 25.0. The number of hydrogen-bond acceptors (Lipinski definition) is 6. The van der Waals surface area contributed by atoms with Crippen molar-refractivity contribution in [2.24, 2.45) is 0 Å². The van der Waals surface area contributed by atoms with Crippen LogP contribution in [-0.2, 0) is 6.42 Å². The first-order valence-corrected chi connectivity index (χ1v) is 12.9. The number of nitrogens with zero attached hydrogens (tertiary/aromatic N) is 3. The Kier molecular flexibility index (Phi) is 8.05. The summed E-state index contributed by atoms with van der Waals surface area (Å²) in [7, 11) is 3.10. The van der Waals surface area contributed by atoms with Gasteiger partial charge in [-0.05, 0) is 41.8 Å². The van der Waals surface area contributed by atoms with Crippen molar-refractivity contribution < 1.29 is 19.2 Å². The second kappa shape index (κ2) is 12.2. The van der Waals surface area contributed by atoms with Gasteiger partial charge >= 0.3 is 0 Å². The first-order chi connectivity index (χ1) is 20.0. The zero-order valence-electron chi connectivity index (χ0n) is 22.6. The van der Waals surface area contributed by atoms with Crippen LogP contribution in [0.4, 0.5) is 5.69 Å². The van der Waals surface area contributed by atoms with E-state index in [4.69, 9.17) is 14.6 Å². The number of ether oxygens (including phenoxy) is 2. The lowest BCUT2D eigenvalue weighted by atomic mass is 9.98. The highest BCUT2D eigenvalue weighted by Gasteiger charge is 2.24. The van der Waals surface area contributed by atoms with Gasteiger partial charge in [0, 0.05) is 23.8 Å². The van der Waals surface area contributed by atoms with Crippen LogP contribution >= 0.6 is 0 Å². The van der Waals surface area contributed by atoms with Crippen LogP contribution in [0.1, 0.15) is 27.7 Å². The lowest BCUT2D eigenvalue weighted by molar-refractivity contribution is -0.384. The number of benzene rings is 4. The van der Waals surface area contributed by atoms with E-state index in [0.29, 0.717) is 34.9 Å². The fraction of sp³-hybridized carbons (Fsp3) is 0.125. The summed E-state index contributed by atoms with van der Waals surface area (Å²) in [5, 5.41) is 19.4. The number of nitrogens with one attached hydrogen (secondary N) is 1. The van der Waals surface area contributed by atoms with Gasteiger partial charge < -0.3 is 14.8 Å². The number of aromatic nitrogens is 2. The van der Waals surface area contributed by atoms with Crippen LogP contribution in [0, 0.1) is 10.1 Å². The summed E-state index contributed by atoms with van der Waals surface area (Å²) in [6.07, 6.45) is 0.570. The van der Waals surface area contributed by atoms with Crippen LogP contribution in [0.5, 0.6) is 11.5 Å². The summed E-state index contributed by atoms with van der Waals surface area (Å²) < 4.78 is 12.3. The molecule has 0 aliphatic rings. The van der Waals surface area contributed by atoms with Crippen molar-refractivity contribution in [1.82, 2.24) is 15.1 Å². The van der Waals surface area contributed by atoms with Crippen LogP contribution in [0.3, 0.4) is 0 Å². The highest BCUT2D eigenvalue weighted by molar-refractivity contribution is 5.95.